The zero-order valence-corrected chi connectivity index (χ0v) is 16.4. The van der Waals surface area contributed by atoms with E-state index in [2.05, 4.69) is 27.5 Å². The van der Waals surface area contributed by atoms with Gasteiger partial charge in [-0.05, 0) is 43.2 Å². The molecule has 1 aromatic carbocycles. The van der Waals surface area contributed by atoms with E-state index < -0.39 is 5.92 Å². The maximum atomic E-state index is 12.8. The van der Waals surface area contributed by atoms with Crippen LogP contribution in [0.25, 0.3) is 5.82 Å². The van der Waals surface area contributed by atoms with E-state index >= 15 is 0 Å². The lowest BCUT2D eigenvalue weighted by molar-refractivity contribution is -0.122. The minimum atomic E-state index is -0.430. The second-order valence-corrected chi connectivity index (χ2v) is 7.08. The van der Waals surface area contributed by atoms with Gasteiger partial charge in [0.2, 0.25) is 11.8 Å². The van der Waals surface area contributed by atoms with Crippen LogP contribution in [0.3, 0.4) is 0 Å². The Labute approximate surface area is 168 Å². The maximum absolute atomic E-state index is 12.8. The smallest absolute Gasteiger partial charge is 0.230 e. The van der Waals surface area contributed by atoms with Crippen LogP contribution in [-0.4, -0.2) is 38.3 Å². The molecule has 1 atom stereocenters. The molecule has 0 spiro atoms. The molecule has 1 aliphatic heterocycles. The Morgan fingerprint density at radius 1 is 1.21 bits per heavy atom. The van der Waals surface area contributed by atoms with Crippen molar-refractivity contribution in [1.29, 1.82) is 0 Å². The fourth-order valence-corrected chi connectivity index (χ4v) is 3.39. The third-order valence-electron chi connectivity index (χ3n) is 5.02. The zero-order chi connectivity index (χ0) is 20.4. The van der Waals surface area contributed by atoms with Gasteiger partial charge in [-0.15, -0.1) is 5.10 Å². The standard InChI is InChI=1S/C21H22N6O2/c1-3-15-5-4-6-17(11-15)26-13-16(12-20(26)28)21(29)23-18-9-10-22-27(18)19-8-7-14(2)24-25-19/h4-11,16H,3,12-13H2,1-2H3,(H,23,29). The molecule has 1 aliphatic rings. The maximum Gasteiger partial charge on any atom is 0.230 e. The largest absolute Gasteiger partial charge is 0.312 e. The molecule has 1 N–H and O–H groups in total. The van der Waals surface area contributed by atoms with Crippen LogP contribution in [-0.2, 0) is 16.0 Å². The van der Waals surface area contributed by atoms with Crippen molar-refractivity contribution in [3.63, 3.8) is 0 Å². The molecule has 8 heteroatoms. The number of anilines is 2. The summed E-state index contributed by atoms with van der Waals surface area (Å²) in [5, 5.41) is 15.2. The quantitative estimate of drug-likeness (QED) is 0.723. The van der Waals surface area contributed by atoms with Crippen LogP contribution in [0.15, 0.2) is 48.7 Å². The second kappa shape index (κ2) is 7.83. The van der Waals surface area contributed by atoms with Crippen molar-refractivity contribution in [2.75, 3.05) is 16.8 Å². The first kappa shape index (κ1) is 18.8. The van der Waals surface area contributed by atoms with Gasteiger partial charge in [-0.2, -0.15) is 14.9 Å². The Hall–Kier alpha value is -3.55. The number of nitrogens with one attached hydrogen (secondary N) is 1. The Balaban J connectivity index is 1.48. The highest BCUT2D eigenvalue weighted by Crippen LogP contribution is 2.27. The fourth-order valence-electron chi connectivity index (χ4n) is 3.39. The summed E-state index contributed by atoms with van der Waals surface area (Å²) in [6.07, 6.45) is 2.66. The molecule has 2 aromatic heterocycles. The number of rotatable bonds is 5. The number of hydrogen-bond acceptors (Lipinski definition) is 5. The number of benzene rings is 1. The van der Waals surface area contributed by atoms with E-state index in [1.807, 2.05) is 37.3 Å². The Bertz CT molecular complexity index is 1040. The van der Waals surface area contributed by atoms with E-state index in [-0.39, 0.29) is 18.2 Å². The molecular formula is C21H22N6O2. The number of aryl methyl sites for hydroxylation is 2. The third-order valence-corrected chi connectivity index (χ3v) is 5.02. The Kier molecular flexibility index (Phi) is 5.07. The van der Waals surface area contributed by atoms with Gasteiger partial charge in [-0.3, -0.25) is 9.59 Å². The van der Waals surface area contributed by atoms with Crippen LogP contribution >= 0.6 is 0 Å². The van der Waals surface area contributed by atoms with Crippen LogP contribution < -0.4 is 10.2 Å². The molecule has 2 amide bonds. The van der Waals surface area contributed by atoms with Gasteiger partial charge < -0.3 is 10.2 Å². The van der Waals surface area contributed by atoms with Crippen molar-refractivity contribution < 1.29 is 9.59 Å². The zero-order valence-electron chi connectivity index (χ0n) is 16.4. The van der Waals surface area contributed by atoms with Crippen molar-refractivity contribution in [3.05, 3.63) is 59.9 Å². The Morgan fingerprint density at radius 2 is 2.07 bits per heavy atom. The van der Waals surface area contributed by atoms with Gasteiger partial charge in [0.05, 0.1) is 17.8 Å². The second-order valence-electron chi connectivity index (χ2n) is 7.08. The van der Waals surface area contributed by atoms with Crippen molar-refractivity contribution in [2.45, 2.75) is 26.7 Å². The summed E-state index contributed by atoms with van der Waals surface area (Å²) in [7, 11) is 0. The topological polar surface area (TPSA) is 93.0 Å². The van der Waals surface area contributed by atoms with E-state index in [1.54, 1.807) is 23.2 Å². The molecule has 8 nitrogen and oxygen atoms in total. The van der Waals surface area contributed by atoms with Gasteiger partial charge in [0.15, 0.2) is 5.82 Å². The minimum Gasteiger partial charge on any atom is -0.312 e. The molecule has 0 saturated carbocycles. The number of amides is 2. The van der Waals surface area contributed by atoms with Crippen molar-refractivity contribution in [2.24, 2.45) is 5.92 Å². The van der Waals surface area contributed by atoms with Crippen LogP contribution in [0.2, 0.25) is 0 Å². The van der Waals surface area contributed by atoms with Gasteiger partial charge in [0.25, 0.3) is 0 Å². The minimum absolute atomic E-state index is 0.0451. The number of carbonyl (C=O) groups excluding carboxylic acids is 2. The first-order valence-electron chi connectivity index (χ1n) is 9.60. The molecule has 0 aliphatic carbocycles. The van der Waals surface area contributed by atoms with E-state index in [0.29, 0.717) is 18.2 Å². The molecule has 148 valence electrons. The highest BCUT2D eigenvalue weighted by molar-refractivity contribution is 6.03. The summed E-state index contributed by atoms with van der Waals surface area (Å²) < 4.78 is 1.52. The molecular weight excluding hydrogens is 368 g/mol. The lowest BCUT2D eigenvalue weighted by Crippen LogP contribution is -2.28. The predicted octanol–water partition coefficient (Wildman–Crippen LogP) is 2.52. The molecule has 4 rings (SSSR count). The van der Waals surface area contributed by atoms with E-state index in [0.717, 1.165) is 23.4 Å². The third kappa shape index (κ3) is 3.87. The Morgan fingerprint density at radius 3 is 2.83 bits per heavy atom. The fraction of sp³-hybridized carbons (Fsp3) is 0.286. The molecule has 1 saturated heterocycles. The molecule has 29 heavy (non-hydrogen) atoms. The van der Waals surface area contributed by atoms with Crippen molar-refractivity contribution >= 4 is 23.3 Å². The molecule has 1 fully saturated rings. The summed E-state index contributed by atoms with van der Waals surface area (Å²) in [5.74, 6) is 0.314. The average Bonchev–Trinajstić information content (AvgIpc) is 3.35. The van der Waals surface area contributed by atoms with Crippen molar-refractivity contribution in [3.8, 4) is 5.82 Å². The number of carbonyl (C=O) groups is 2. The number of nitrogens with zero attached hydrogens (tertiary/aromatic N) is 5. The summed E-state index contributed by atoms with van der Waals surface area (Å²) in [6, 6.07) is 13.2. The van der Waals surface area contributed by atoms with Crippen LogP contribution in [0.5, 0.6) is 0 Å². The van der Waals surface area contributed by atoms with E-state index in [1.165, 1.54) is 4.68 Å². The molecule has 3 aromatic rings. The van der Waals surface area contributed by atoms with E-state index in [4.69, 9.17) is 0 Å². The molecule has 0 bridgehead atoms. The van der Waals surface area contributed by atoms with Gasteiger partial charge in [-0.25, -0.2) is 0 Å². The first-order valence-corrected chi connectivity index (χ1v) is 9.60. The van der Waals surface area contributed by atoms with E-state index in [9.17, 15) is 9.59 Å². The number of aromatic nitrogens is 4. The van der Waals surface area contributed by atoms with Gasteiger partial charge in [-0.1, -0.05) is 19.1 Å². The highest BCUT2D eigenvalue weighted by atomic mass is 16.2. The summed E-state index contributed by atoms with van der Waals surface area (Å²) in [4.78, 5) is 27.0. The van der Waals surface area contributed by atoms with Gasteiger partial charge in [0.1, 0.15) is 5.82 Å². The monoisotopic (exact) mass is 390 g/mol. The summed E-state index contributed by atoms with van der Waals surface area (Å²) in [6.45, 7) is 4.28. The lowest BCUT2D eigenvalue weighted by Gasteiger charge is -2.17. The van der Waals surface area contributed by atoms with Crippen LogP contribution in [0, 0.1) is 12.8 Å². The highest BCUT2D eigenvalue weighted by Gasteiger charge is 2.35. The predicted molar refractivity (Wildman–Crippen MR) is 109 cm³/mol. The lowest BCUT2D eigenvalue weighted by atomic mass is 10.1. The molecule has 0 radical (unpaired) electrons. The normalized spacial score (nSPS) is 16.3. The summed E-state index contributed by atoms with van der Waals surface area (Å²) in [5.41, 5.74) is 2.79. The average molecular weight is 390 g/mol. The van der Waals surface area contributed by atoms with Crippen molar-refractivity contribution in [1.82, 2.24) is 20.0 Å². The first-order chi connectivity index (χ1) is 14.0. The van der Waals surface area contributed by atoms with Gasteiger partial charge in [0, 0.05) is 24.7 Å². The van der Waals surface area contributed by atoms with Gasteiger partial charge >= 0.3 is 0 Å². The van der Waals surface area contributed by atoms with Crippen LogP contribution in [0.1, 0.15) is 24.6 Å². The molecule has 3 heterocycles. The van der Waals surface area contributed by atoms with Crippen LogP contribution in [0.4, 0.5) is 11.5 Å². The summed E-state index contributed by atoms with van der Waals surface area (Å²) >= 11 is 0. The number of hydrogen-bond donors (Lipinski definition) is 1. The molecule has 1 unspecified atom stereocenters. The SMILES string of the molecule is CCc1cccc(N2CC(C(=O)Nc3ccnn3-c3ccc(C)nn3)CC2=O)c1.